The lowest BCUT2D eigenvalue weighted by Crippen LogP contribution is -2.30. The number of nitrogens with zero attached hydrogens (tertiary/aromatic N) is 2. The van der Waals surface area contributed by atoms with Crippen molar-refractivity contribution in [2.75, 3.05) is 10.6 Å². The summed E-state index contributed by atoms with van der Waals surface area (Å²) < 4.78 is 0. The number of nitriles is 1. The van der Waals surface area contributed by atoms with Gasteiger partial charge in [0.1, 0.15) is 0 Å². The van der Waals surface area contributed by atoms with Gasteiger partial charge in [0.15, 0.2) is 0 Å². The van der Waals surface area contributed by atoms with Crippen molar-refractivity contribution in [3.8, 4) is 6.07 Å². The topological polar surface area (TPSA) is 53.0 Å². The molecule has 0 heterocycles. The molecule has 0 aliphatic rings. The minimum Gasteiger partial charge on any atom is -0.399 e. The molecule has 2 aromatic rings. The van der Waals surface area contributed by atoms with Crippen LogP contribution >= 0.6 is 11.6 Å². The summed E-state index contributed by atoms with van der Waals surface area (Å²) in [6, 6.07) is 15.6. The number of benzene rings is 2. The lowest BCUT2D eigenvalue weighted by molar-refractivity contribution is 0.682. The summed E-state index contributed by atoms with van der Waals surface area (Å²) in [5, 5.41) is 9.52. The summed E-state index contributed by atoms with van der Waals surface area (Å²) in [4.78, 5) is 2.20. The molecule has 0 aliphatic carbocycles. The molecule has 0 unspecified atom stereocenters. The van der Waals surface area contributed by atoms with Gasteiger partial charge in [-0.3, -0.25) is 0 Å². The molecule has 2 N–H and O–H groups in total. The van der Waals surface area contributed by atoms with E-state index in [2.05, 4.69) is 24.8 Å². The lowest BCUT2D eigenvalue weighted by atomic mass is 10.1. The van der Waals surface area contributed by atoms with Gasteiger partial charge in [0.25, 0.3) is 0 Å². The van der Waals surface area contributed by atoms with Crippen LogP contribution in [-0.2, 0) is 6.54 Å². The van der Waals surface area contributed by atoms with Crippen LogP contribution in [0.15, 0.2) is 42.5 Å². The van der Waals surface area contributed by atoms with E-state index in [1.807, 2.05) is 30.3 Å². The molecule has 21 heavy (non-hydrogen) atoms. The van der Waals surface area contributed by atoms with Gasteiger partial charge in [0.05, 0.1) is 22.3 Å². The van der Waals surface area contributed by atoms with E-state index in [0.29, 0.717) is 10.6 Å². The third-order valence-corrected chi connectivity index (χ3v) is 3.64. The molecule has 0 aliphatic heterocycles. The van der Waals surface area contributed by atoms with Gasteiger partial charge in [0, 0.05) is 18.3 Å². The molecular formula is C17H18ClN3. The van der Waals surface area contributed by atoms with Crippen LogP contribution in [0.1, 0.15) is 25.0 Å². The fraction of sp³-hybridized carbons (Fsp3) is 0.235. The molecule has 0 saturated carbocycles. The highest BCUT2D eigenvalue weighted by Crippen LogP contribution is 2.29. The Labute approximate surface area is 130 Å². The monoisotopic (exact) mass is 299 g/mol. The summed E-state index contributed by atoms with van der Waals surface area (Å²) >= 11 is 6.33. The van der Waals surface area contributed by atoms with Crippen molar-refractivity contribution in [3.05, 3.63) is 58.6 Å². The SMILES string of the molecule is CC(C)N(Cc1ccc(N)cc1)c1ccc(C#N)cc1Cl. The van der Waals surface area contributed by atoms with Crippen molar-refractivity contribution < 1.29 is 0 Å². The molecule has 3 nitrogen and oxygen atoms in total. The smallest absolute Gasteiger partial charge is 0.0992 e. The van der Waals surface area contributed by atoms with Gasteiger partial charge in [-0.2, -0.15) is 5.26 Å². The van der Waals surface area contributed by atoms with E-state index >= 15 is 0 Å². The van der Waals surface area contributed by atoms with Gasteiger partial charge in [-0.1, -0.05) is 23.7 Å². The summed E-state index contributed by atoms with van der Waals surface area (Å²) in [6.07, 6.45) is 0. The number of nitrogens with two attached hydrogens (primary N) is 1. The van der Waals surface area contributed by atoms with Crippen LogP contribution in [0.3, 0.4) is 0 Å². The van der Waals surface area contributed by atoms with E-state index in [9.17, 15) is 0 Å². The molecule has 0 amide bonds. The highest BCUT2D eigenvalue weighted by atomic mass is 35.5. The Bertz CT molecular complexity index is 657. The van der Waals surface area contributed by atoms with Gasteiger partial charge in [-0.25, -0.2) is 0 Å². The Kier molecular flexibility index (Phi) is 4.72. The van der Waals surface area contributed by atoms with Crippen molar-refractivity contribution in [3.63, 3.8) is 0 Å². The Balaban J connectivity index is 2.31. The fourth-order valence-electron chi connectivity index (χ4n) is 2.18. The molecule has 0 aromatic heterocycles. The summed E-state index contributed by atoms with van der Waals surface area (Å²) in [5.41, 5.74) is 9.14. The first kappa shape index (κ1) is 15.2. The van der Waals surface area contributed by atoms with Crippen molar-refractivity contribution in [2.24, 2.45) is 0 Å². The van der Waals surface area contributed by atoms with Crippen LogP contribution in [0, 0.1) is 11.3 Å². The zero-order chi connectivity index (χ0) is 15.4. The van der Waals surface area contributed by atoms with Gasteiger partial charge in [-0.15, -0.1) is 0 Å². The molecule has 0 saturated heterocycles. The normalized spacial score (nSPS) is 10.4. The zero-order valence-corrected chi connectivity index (χ0v) is 12.9. The first-order valence-corrected chi connectivity index (χ1v) is 7.19. The minimum atomic E-state index is 0.285. The van der Waals surface area contributed by atoms with Crippen LogP contribution in [-0.4, -0.2) is 6.04 Å². The number of rotatable bonds is 4. The molecule has 0 radical (unpaired) electrons. The average Bonchev–Trinajstić information content (AvgIpc) is 2.46. The highest BCUT2D eigenvalue weighted by molar-refractivity contribution is 6.33. The number of halogens is 1. The average molecular weight is 300 g/mol. The van der Waals surface area contributed by atoms with Gasteiger partial charge >= 0.3 is 0 Å². The quantitative estimate of drug-likeness (QED) is 0.860. The summed E-state index contributed by atoms with van der Waals surface area (Å²) in [6.45, 7) is 4.97. The van der Waals surface area contributed by atoms with Gasteiger partial charge in [0.2, 0.25) is 0 Å². The van der Waals surface area contributed by atoms with Gasteiger partial charge in [-0.05, 0) is 49.7 Å². The third-order valence-electron chi connectivity index (χ3n) is 3.34. The molecule has 2 aromatic carbocycles. The molecule has 108 valence electrons. The predicted octanol–water partition coefficient (Wildman–Crippen LogP) is 4.21. The zero-order valence-electron chi connectivity index (χ0n) is 12.2. The molecule has 0 spiro atoms. The second-order valence-corrected chi connectivity index (χ2v) is 5.65. The highest BCUT2D eigenvalue weighted by Gasteiger charge is 2.15. The number of nitrogen functional groups attached to an aromatic ring is 1. The van der Waals surface area contributed by atoms with Crippen LogP contribution in [0.2, 0.25) is 5.02 Å². The fourth-order valence-corrected chi connectivity index (χ4v) is 2.46. The number of hydrogen-bond acceptors (Lipinski definition) is 3. The largest absolute Gasteiger partial charge is 0.399 e. The Morgan fingerprint density at radius 2 is 1.86 bits per heavy atom. The second kappa shape index (κ2) is 6.51. The Hall–Kier alpha value is -2.18. The standard InChI is InChI=1S/C17H18ClN3/c1-12(2)21(11-13-3-6-15(20)7-4-13)17-8-5-14(10-19)9-16(17)18/h3-9,12H,11,20H2,1-2H3. The summed E-state index contributed by atoms with van der Waals surface area (Å²) in [5.74, 6) is 0. The van der Waals surface area contributed by atoms with Crippen LogP contribution < -0.4 is 10.6 Å². The first-order chi connectivity index (χ1) is 10.0. The van der Waals surface area contributed by atoms with E-state index in [1.54, 1.807) is 12.1 Å². The molecule has 0 bridgehead atoms. The third kappa shape index (κ3) is 3.68. The van der Waals surface area contributed by atoms with E-state index in [1.165, 1.54) is 5.56 Å². The van der Waals surface area contributed by atoms with E-state index in [-0.39, 0.29) is 6.04 Å². The molecule has 2 rings (SSSR count). The second-order valence-electron chi connectivity index (χ2n) is 5.24. The first-order valence-electron chi connectivity index (χ1n) is 6.82. The van der Waals surface area contributed by atoms with Crippen molar-refractivity contribution in [1.29, 1.82) is 5.26 Å². The maximum absolute atomic E-state index is 8.93. The van der Waals surface area contributed by atoms with Gasteiger partial charge < -0.3 is 10.6 Å². The van der Waals surface area contributed by atoms with E-state index in [0.717, 1.165) is 17.9 Å². The van der Waals surface area contributed by atoms with Crippen molar-refractivity contribution in [2.45, 2.75) is 26.4 Å². The Morgan fingerprint density at radius 3 is 2.38 bits per heavy atom. The van der Waals surface area contributed by atoms with Crippen molar-refractivity contribution in [1.82, 2.24) is 0 Å². The molecule has 0 atom stereocenters. The molecular weight excluding hydrogens is 282 g/mol. The van der Waals surface area contributed by atoms with Crippen LogP contribution in [0.5, 0.6) is 0 Å². The molecule has 4 heteroatoms. The lowest BCUT2D eigenvalue weighted by Gasteiger charge is -2.30. The summed E-state index contributed by atoms with van der Waals surface area (Å²) in [7, 11) is 0. The van der Waals surface area contributed by atoms with E-state index in [4.69, 9.17) is 22.6 Å². The number of hydrogen-bond donors (Lipinski definition) is 1. The predicted molar refractivity (Wildman–Crippen MR) is 88.3 cm³/mol. The van der Waals surface area contributed by atoms with Crippen LogP contribution in [0.25, 0.3) is 0 Å². The van der Waals surface area contributed by atoms with Crippen LogP contribution in [0.4, 0.5) is 11.4 Å². The number of anilines is 2. The maximum atomic E-state index is 8.93. The van der Waals surface area contributed by atoms with Crippen molar-refractivity contribution >= 4 is 23.0 Å². The maximum Gasteiger partial charge on any atom is 0.0992 e. The molecule has 0 fully saturated rings. The Morgan fingerprint density at radius 1 is 1.19 bits per heavy atom. The minimum absolute atomic E-state index is 0.285. The van der Waals surface area contributed by atoms with E-state index < -0.39 is 0 Å².